The summed E-state index contributed by atoms with van der Waals surface area (Å²) in [6.07, 6.45) is 1.08. The number of benzene rings is 2. The third kappa shape index (κ3) is 3.98. The zero-order valence-corrected chi connectivity index (χ0v) is 16.0. The summed E-state index contributed by atoms with van der Waals surface area (Å²) in [4.78, 5) is 40.2. The Balaban J connectivity index is 1.98. The fourth-order valence-corrected chi connectivity index (χ4v) is 2.73. The molecule has 2 N–H and O–H groups in total. The summed E-state index contributed by atoms with van der Waals surface area (Å²) in [5.74, 6) is 0.694. The van der Waals surface area contributed by atoms with Gasteiger partial charge in [-0.15, -0.1) is 0 Å². The largest absolute Gasteiger partial charge is 0.497 e. The van der Waals surface area contributed by atoms with Crippen molar-refractivity contribution >= 4 is 11.6 Å². The van der Waals surface area contributed by atoms with Crippen LogP contribution >= 0.6 is 0 Å². The minimum absolute atomic E-state index is 0.234. The van der Waals surface area contributed by atoms with Gasteiger partial charge in [0.1, 0.15) is 11.3 Å². The standard InChI is InChI=1S/C20H19N3O6/c1-27-14-6-4-5-13(10-14)23-19(25)15(11-21-20(23)26)18(24)22-12-7-8-16(28-2)17(9-12)29-3/h4-11H,1-3H3,(H,21,26)(H,22,24). The predicted molar refractivity (Wildman–Crippen MR) is 107 cm³/mol. The summed E-state index contributed by atoms with van der Waals surface area (Å²) in [5.41, 5.74) is -1.00. The van der Waals surface area contributed by atoms with Crippen molar-refractivity contribution < 1.29 is 19.0 Å². The molecule has 0 fully saturated rings. The second kappa shape index (κ2) is 8.34. The predicted octanol–water partition coefficient (Wildman–Crippen LogP) is 1.80. The number of carbonyl (C=O) groups excluding carboxylic acids is 1. The van der Waals surface area contributed by atoms with E-state index in [1.165, 1.54) is 27.4 Å². The number of aromatic nitrogens is 2. The number of amides is 1. The van der Waals surface area contributed by atoms with E-state index in [1.807, 2.05) is 0 Å². The molecule has 0 saturated heterocycles. The number of aromatic amines is 1. The molecule has 0 spiro atoms. The minimum atomic E-state index is -0.764. The Morgan fingerprint density at radius 3 is 2.41 bits per heavy atom. The normalized spacial score (nSPS) is 10.3. The Kier molecular flexibility index (Phi) is 5.68. The molecule has 1 heterocycles. The third-order valence-electron chi connectivity index (χ3n) is 4.17. The molecule has 29 heavy (non-hydrogen) atoms. The van der Waals surface area contributed by atoms with E-state index in [0.29, 0.717) is 22.9 Å². The van der Waals surface area contributed by atoms with Gasteiger partial charge in [0.05, 0.1) is 27.0 Å². The van der Waals surface area contributed by atoms with E-state index in [2.05, 4.69) is 10.3 Å². The van der Waals surface area contributed by atoms with Crippen molar-refractivity contribution in [1.82, 2.24) is 9.55 Å². The number of carbonyl (C=O) groups is 1. The van der Waals surface area contributed by atoms with Crippen LogP contribution in [0.25, 0.3) is 5.69 Å². The number of hydrogen-bond acceptors (Lipinski definition) is 6. The summed E-state index contributed by atoms with van der Waals surface area (Å²) < 4.78 is 16.3. The van der Waals surface area contributed by atoms with Crippen LogP contribution < -0.4 is 30.8 Å². The van der Waals surface area contributed by atoms with Crippen LogP contribution in [0.3, 0.4) is 0 Å². The van der Waals surface area contributed by atoms with Crippen molar-refractivity contribution in [2.24, 2.45) is 0 Å². The molecule has 1 aromatic heterocycles. The van der Waals surface area contributed by atoms with Gasteiger partial charge in [-0.05, 0) is 24.3 Å². The minimum Gasteiger partial charge on any atom is -0.497 e. The number of nitrogens with one attached hydrogen (secondary N) is 2. The molecule has 0 aliphatic carbocycles. The van der Waals surface area contributed by atoms with E-state index in [4.69, 9.17) is 14.2 Å². The number of hydrogen-bond donors (Lipinski definition) is 2. The van der Waals surface area contributed by atoms with Crippen LogP contribution in [0.5, 0.6) is 17.2 Å². The second-order valence-corrected chi connectivity index (χ2v) is 5.87. The number of nitrogens with zero attached hydrogens (tertiary/aromatic N) is 1. The van der Waals surface area contributed by atoms with Gasteiger partial charge < -0.3 is 24.5 Å². The molecule has 0 atom stereocenters. The van der Waals surface area contributed by atoms with Crippen molar-refractivity contribution in [3.63, 3.8) is 0 Å². The van der Waals surface area contributed by atoms with Crippen LogP contribution in [-0.4, -0.2) is 36.8 Å². The summed E-state index contributed by atoms with van der Waals surface area (Å²) >= 11 is 0. The van der Waals surface area contributed by atoms with Gasteiger partial charge in [-0.1, -0.05) is 6.07 Å². The second-order valence-electron chi connectivity index (χ2n) is 5.87. The van der Waals surface area contributed by atoms with E-state index in [9.17, 15) is 14.4 Å². The quantitative estimate of drug-likeness (QED) is 0.656. The number of H-pyrrole nitrogens is 1. The Bertz CT molecular complexity index is 1170. The van der Waals surface area contributed by atoms with Crippen molar-refractivity contribution in [1.29, 1.82) is 0 Å². The van der Waals surface area contributed by atoms with Gasteiger partial charge >= 0.3 is 5.69 Å². The number of ether oxygens (including phenoxy) is 3. The lowest BCUT2D eigenvalue weighted by Gasteiger charge is -2.11. The Hall–Kier alpha value is -4.01. The van der Waals surface area contributed by atoms with Gasteiger partial charge in [0.15, 0.2) is 11.5 Å². The van der Waals surface area contributed by atoms with Gasteiger partial charge in [-0.3, -0.25) is 9.59 Å². The molecule has 0 aliphatic rings. The fourth-order valence-electron chi connectivity index (χ4n) is 2.73. The van der Waals surface area contributed by atoms with Crippen LogP contribution in [-0.2, 0) is 0 Å². The molecule has 0 bridgehead atoms. The third-order valence-corrected chi connectivity index (χ3v) is 4.17. The molecular weight excluding hydrogens is 378 g/mol. The summed E-state index contributed by atoms with van der Waals surface area (Å²) in [7, 11) is 4.44. The fraction of sp³-hybridized carbons (Fsp3) is 0.150. The number of methoxy groups -OCH3 is 3. The van der Waals surface area contributed by atoms with E-state index >= 15 is 0 Å². The Labute approximate surface area is 165 Å². The van der Waals surface area contributed by atoms with Gasteiger partial charge in [0, 0.05) is 24.0 Å². The van der Waals surface area contributed by atoms with Gasteiger partial charge in [-0.25, -0.2) is 9.36 Å². The van der Waals surface area contributed by atoms with Gasteiger partial charge in [0.2, 0.25) is 0 Å². The lowest BCUT2D eigenvalue weighted by atomic mass is 10.2. The molecule has 3 aromatic rings. The van der Waals surface area contributed by atoms with E-state index in [0.717, 1.165) is 10.8 Å². The van der Waals surface area contributed by atoms with Crippen molar-refractivity contribution in [2.45, 2.75) is 0 Å². The van der Waals surface area contributed by atoms with E-state index in [1.54, 1.807) is 36.4 Å². The monoisotopic (exact) mass is 397 g/mol. The molecule has 1 amide bonds. The van der Waals surface area contributed by atoms with Crippen molar-refractivity contribution in [3.8, 4) is 22.9 Å². The maximum atomic E-state index is 12.8. The first-order chi connectivity index (χ1) is 14.0. The summed E-state index contributed by atoms with van der Waals surface area (Å²) in [5, 5.41) is 2.61. The zero-order chi connectivity index (χ0) is 21.0. The molecule has 9 heteroatoms. The number of rotatable bonds is 6. The van der Waals surface area contributed by atoms with E-state index < -0.39 is 17.2 Å². The maximum Gasteiger partial charge on any atom is 0.333 e. The molecule has 150 valence electrons. The average molecular weight is 397 g/mol. The highest BCUT2D eigenvalue weighted by Crippen LogP contribution is 2.29. The van der Waals surface area contributed by atoms with E-state index in [-0.39, 0.29) is 11.3 Å². The molecule has 2 aromatic carbocycles. The van der Waals surface area contributed by atoms with Gasteiger partial charge in [-0.2, -0.15) is 0 Å². The first-order valence-electron chi connectivity index (χ1n) is 8.51. The zero-order valence-electron chi connectivity index (χ0n) is 16.0. The van der Waals surface area contributed by atoms with Crippen LogP contribution in [0.4, 0.5) is 5.69 Å². The smallest absolute Gasteiger partial charge is 0.333 e. The Morgan fingerprint density at radius 1 is 0.966 bits per heavy atom. The molecule has 0 saturated carbocycles. The maximum absolute atomic E-state index is 12.8. The lowest BCUT2D eigenvalue weighted by Crippen LogP contribution is -2.38. The van der Waals surface area contributed by atoms with Gasteiger partial charge in [0.25, 0.3) is 11.5 Å². The van der Waals surface area contributed by atoms with Crippen LogP contribution in [0, 0.1) is 0 Å². The highest BCUT2D eigenvalue weighted by molar-refractivity contribution is 6.04. The first-order valence-corrected chi connectivity index (χ1v) is 8.51. The SMILES string of the molecule is COc1cccc(-n2c(=O)[nH]cc(C(=O)Nc3ccc(OC)c(OC)c3)c2=O)c1. The lowest BCUT2D eigenvalue weighted by molar-refractivity contribution is 0.102. The first kappa shape index (κ1) is 19.7. The summed E-state index contributed by atoms with van der Waals surface area (Å²) in [6.45, 7) is 0. The van der Waals surface area contributed by atoms with Crippen molar-refractivity contribution in [2.75, 3.05) is 26.6 Å². The van der Waals surface area contributed by atoms with Crippen molar-refractivity contribution in [3.05, 3.63) is 75.1 Å². The summed E-state index contributed by atoms with van der Waals surface area (Å²) in [6, 6.07) is 11.2. The highest BCUT2D eigenvalue weighted by Gasteiger charge is 2.17. The Morgan fingerprint density at radius 2 is 1.72 bits per heavy atom. The van der Waals surface area contributed by atoms with Crippen LogP contribution in [0.15, 0.2) is 58.3 Å². The van der Waals surface area contributed by atoms with Crippen LogP contribution in [0.1, 0.15) is 10.4 Å². The molecule has 0 radical (unpaired) electrons. The topological polar surface area (TPSA) is 112 Å². The number of anilines is 1. The molecule has 9 nitrogen and oxygen atoms in total. The molecule has 0 unspecified atom stereocenters. The van der Waals surface area contributed by atoms with Crippen LogP contribution in [0.2, 0.25) is 0 Å². The molecular formula is C20H19N3O6. The molecule has 0 aliphatic heterocycles. The molecule has 3 rings (SSSR count). The average Bonchev–Trinajstić information content (AvgIpc) is 2.73. The highest BCUT2D eigenvalue weighted by atomic mass is 16.5.